The molecule has 0 bridgehead atoms. The molecule has 1 aromatic carbocycles. The zero-order valence-corrected chi connectivity index (χ0v) is 18.6. The van der Waals surface area contributed by atoms with E-state index in [-0.39, 0.29) is 17.0 Å². The molecule has 3 heterocycles. The van der Waals surface area contributed by atoms with Gasteiger partial charge >= 0.3 is 6.03 Å². The smallest absolute Gasteiger partial charge is 0.326 e. The van der Waals surface area contributed by atoms with Crippen molar-refractivity contribution in [2.45, 2.75) is 50.5 Å². The number of rotatable bonds is 5. The summed E-state index contributed by atoms with van der Waals surface area (Å²) in [7, 11) is 0. The van der Waals surface area contributed by atoms with Crippen molar-refractivity contribution in [2.24, 2.45) is 0 Å². The van der Waals surface area contributed by atoms with Crippen LogP contribution in [-0.2, 0) is 5.41 Å². The van der Waals surface area contributed by atoms with Crippen LogP contribution in [0.15, 0.2) is 41.3 Å². The van der Waals surface area contributed by atoms with Gasteiger partial charge in [0.15, 0.2) is 0 Å². The van der Waals surface area contributed by atoms with Gasteiger partial charge in [-0.15, -0.1) is 0 Å². The molecule has 0 saturated heterocycles. The van der Waals surface area contributed by atoms with E-state index in [0.717, 1.165) is 42.6 Å². The van der Waals surface area contributed by atoms with Gasteiger partial charge in [-0.25, -0.2) is 19.2 Å². The van der Waals surface area contributed by atoms with Crippen molar-refractivity contribution in [1.82, 2.24) is 19.7 Å². The molecule has 2 aliphatic rings. The zero-order valence-electron chi connectivity index (χ0n) is 18.6. The number of nitrogens with zero attached hydrogens (tertiary/aromatic N) is 4. The fourth-order valence-corrected chi connectivity index (χ4v) is 4.38. The molecule has 2 saturated carbocycles. The number of fused-ring (bicyclic) bond motifs is 1. The van der Waals surface area contributed by atoms with Crippen LogP contribution in [0.25, 0.3) is 22.2 Å². The Labute approximate surface area is 194 Å². The first-order valence-corrected chi connectivity index (χ1v) is 11.4. The van der Waals surface area contributed by atoms with E-state index in [1.54, 1.807) is 12.1 Å². The average molecular weight is 462 g/mol. The van der Waals surface area contributed by atoms with E-state index in [9.17, 15) is 9.18 Å². The minimum Gasteiger partial charge on any atom is -0.383 e. The van der Waals surface area contributed by atoms with Gasteiger partial charge < -0.3 is 20.1 Å². The minimum absolute atomic E-state index is 0.0258. The molecule has 0 atom stereocenters. The molecule has 174 valence electrons. The van der Waals surface area contributed by atoms with Gasteiger partial charge in [-0.3, -0.25) is 5.32 Å². The number of carbonyl (C=O) groups is 1. The Balaban J connectivity index is 1.24. The predicted octanol–water partition coefficient (Wildman–Crippen LogP) is 5.23. The van der Waals surface area contributed by atoms with Crippen LogP contribution in [0.2, 0.25) is 0 Å². The highest BCUT2D eigenvalue weighted by atomic mass is 19.1. The van der Waals surface area contributed by atoms with Crippen molar-refractivity contribution >= 4 is 34.5 Å². The quantitative estimate of drug-likeness (QED) is 0.374. The summed E-state index contributed by atoms with van der Waals surface area (Å²) < 4.78 is 22.3. The first-order chi connectivity index (χ1) is 16.4. The third kappa shape index (κ3) is 3.46. The molecule has 3 aromatic heterocycles. The maximum Gasteiger partial charge on any atom is 0.326 e. The molecule has 2 amide bonds. The Hall–Kier alpha value is -3.95. The number of urea groups is 1. The van der Waals surface area contributed by atoms with E-state index in [1.165, 1.54) is 24.9 Å². The molecule has 0 radical (unpaired) electrons. The van der Waals surface area contributed by atoms with Gasteiger partial charge in [-0.1, -0.05) is 18.1 Å². The summed E-state index contributed by atoms with van der Waals surface area (Å²) in [5.74, 6) is -0.000146. The molecule has 4 aromatic rings. The summed E-state index contributed by atoms with van der Waals surface area (Å²) in [6, 6.07) is 6.09. The van der Waals surface area contributed by atoms with Crippen LogP contribution in [-0.4, -0.2) is 25.7 Å². The second-order valence-electron chi connectivity index (χ2n) is 9.40. The molecule has 34 heavy (non-hydrogen) atoms. The van der Waals surface area contributed by atoms with Gasteiger partial charge in [0.2, 0.25) is 5.88 Å². The Kier molecular flexibility index (Phi) is 4.58. The van der Waals surface area contributed by atoms with Crippen molar-refractivity contribution in [3.8, 4) is 11.1 Å². The number of carbonyl (C=O) groups excluding carboxylic acids is 1. The van der Waals surface area contributed by atoms with Crippen molar-refractivity contribution in [3.63, 3.8) is 0 Å². The van der Waals surface area contributed by atoms with Gasteiger partial charge in [0.1, 0.15) is 23.6 Å². The molecule has 2 fully saturated rings. The highest BCUT2D eigenvalue weighted by molar-refractivity contribution is 6.02. The van der Waals surface area contributed by atoms with Crippen LogP contribution in [0.5, 0.6) is 0 Å². The standard InChI is InChI=1S/C24H24FN7O2/c1-24(7-8-24)18-10-19(34-31-18)30-23(33)29-17-6-5-13(9-16(17)25)15-11-32(14-3-2-4-14)22-20(15)21(26)27-12-28-22/h5-6,9-12,14H,2-4,7-8H2,1H3,(H2,26,27,28)(H2,29,30,33). The molecule has 10 heteroatoms. The summed E-state index contributed by atoms with van der Waals surface area (Å²) in [5, 5.41) is 9.81. The molecule has 2 aliphatic carbocycles. The topological polar surface area (TPSA) is 124 Å². The van der Waals surface area contributed by atoms with Crippen LogP contribution >= 0.6 is 0 Å². The number of anilines is 3. The van der Waals surface area contributed by atoms with E-state index in [0.29, 0.717) is 22.8 Å². The first kappa shape index (κ1) is 20.6. The van der Waals surface area contributed by atoms with Gasteiger partial charge in [0.05, 0.1) is 16.8 Å². The summed E-state index contributed by atoms with van der Waals surface area (Å²) in [6.45, 7) is 2.09. The van der Waals surface area contributed by atoms with E-state index >= 15 is 0 Å². The lowest BCUT2D eigenvalue weighted by Crippen LogP contribution is -2.19. The van der Waals surface area contributed by atoms with Crippen molar-refractivity contribution in [1.29, 1.82) is 0 Å². The SMILES string of the molecule is CC1(c2cc(NC(=O)Nc3ccc(-c4cn(C5CCC5)c5ncnc(N)c45)cc3F)on2)CC1. The fourth-order valence-electron chi connectivity index (χ4n) is 4.38. The highest BCUT2D eigenvalue weighted by Crippen LogP contribution is 2.47. The van der Waals surface area contributed by atoms with E-state index in [4.69, 9.17) is 10.3 Å². The van der Waals surface area contributed by atoms with Crippen LogP contribution in [0.4, 0.5) is 26.6 Å². The number of halogens is 1. The van der Waals surface area contributed by atoms with E-state index in [1.807, 2.05) is 6.20 Å². The van der Waals surface area contributed by atoms with Crippen LogP contribution in [0, 0.1) is 5.82 Å². The average Bonchev–Trinajstić information content (AvgIpc) is 3.17. The molecule has 0 spiro atoms. The Morgan fingerprint density at radius 2 is 2.06 bits per heavy atom. The Morgan fingerprint density at radius 1 is 1.24 bits per heavy atom. The van der Waals surface area contributed by atoms with Crippen molar-refractivity contribution < 1.29 is 13.7 Å². The van der Waals surface area contributed by atoms with E-state index in [2.05, 4.69) is 37.2 Å². The summed E-state index contributed by atoms with van der Waals surface area (Å²) in [6.07, 6.45) is 8.82. The lowest BCUT2D eigenvalue weighted by atomic mass is 9.93. The lowest BCUT2D eigenvalue weighted by Gasteiger charge is -2.27. The van der Waals surface area contributed by atoms with Gasteiger partial charge in [0.25, 0.3) is 0 Å². The number of nitrogens with one attached hydrogen (secondary N) is 2. The van der Waals surface area contributed by atoms with Crippen LogP contribution in [0.3, 0.4) is 0 Å². The Morgan fingerprint density at radius 3 is 2.76 bits per heavy atom. The molecular weight excluding hydrogens is 437 g/mol. The monoisotopic (exact) mass is 461 g/mol. The molecule has 6 rings (SSSR count). The third-order valence-electron chi connectivity index (χ3n) is 7.00. The highest BCUT2D eigenvalue weighted by Gasteiger charge is 2.42. The molecule has 9 nitrogen and oxygen atoms in total. The molecule has 0 unspecified atom stereocenters. The predicted molar refractivity (Wildman–Crippen MR) is 126 cm³/mol. The summed E-state index contributed by atoms with van der Waals surface area (Å²) in [4.78, 5) is 20.9. The zero-order chi connectivity index (χ0) is 23.4. The first-order valence-electron chi connectivity index (χ1n) is 11.4. The van der Waals surface area contributed by atoms with Crippen LogP contribution in [0.1, 0.15) is 50.8 Å². The second kappa shape index (κ2) is 7.54. The maximum absolute atomic E-state index is 15.0. The number of nitrogens with two attached hydrogens (primary N) is 1. The normalized spacial score (nSPS) is 16.9. The summed E-state index contributed by atoms with van der Waals surface area (Å²) in [5.41, 5.74) is 9.19. The molecular formula is C24H24FN7O2. The van der Waals surface area contributed by atoms with E-state index < -0.39 is 11.8 Å². The minimum atomic E-state index is -0.616. The molecule has 4 N–H and O–H groups in total. The lowest BCUT2D eigenvalue weighted by molar-refractivity contribution is 0.261. The summed E-state index contributed by atoms with van der Waals surface area (Å²) >= 11 is 0. The number of hydrogen-bond acceptors (Lipinski definition) is 6. The van der Waals surface area contributed by atoms with Gasteiger partial charge in [-0.2, -0.15) is 0 Å². The van der Waals surface area contributed by atoms with Gasteiger partial charge in [0, 0.05) is 29.3 Å². The maximum atomic E-state index is 15.0. The number of nitrogen functional groups attached to an aromatic ring is 1. The second-order valence-corrected chi connectivity index (χ2v) is 9.40. The number of hydrogen-bond donors (Lipinski definition) is 3. The third-order valence-corrected chi connectivity index (χ3v) is 7.00. The fraction of sp³-hybridized carbons (Fsp3) is 0.333. The van der Waals surface area contributed by atoms with Crippen molar-refractivity contribution in [2.75, 3.05) is 16.4 Å². The van der Waals surface area contributed by atoms with Gasteiger partial charge in [-0.05, 0) is 49.8 Å². The number of benzene rings is 1. The van der Waals surface area contributed by atoms with Crippen molar-refractivity contribution in [3.05, 3.63) is 48.3 Å². The largest absolute Gasteiger partial charge is 0.383 e. The number of amides is 2. The number of aromatic nitrogens is 4. The van der Waals surface area contributed by atoms with Crippen LogP contribution < -0.4 is 16.4 Å². The Bertz CT molecular complexity index is 1420. The molecule has 0 aliphatic heterocycles.